The van der Waals surface area contributed by atoms with Crippen molar-refractivity contribution in [1.82, 2.24) is 0 Å². The minimum absolute atomic E-state index is 0.510. The van der Waals surface area contributed by atoms with Crippen LogP contribution < -0.4 is 0 Å². The van der Waals surface area contributed by atoms with E-state index in [1.807, 2.05) is 29.5 Å². The number of rotatable bonds is 5. The summed E-state index contributed by atoms with van der Waals surface area (Å²) in [7, 11) is 0. The zero-order valence-electron chi connectivity index (χ0n) is 6.02. The molecule has 0 aliphatic carbocycles. The molecule has 0 aliphatic heterocycles. The van der Waals surface area contributed by atoms with Gasteiger partial charge in [-0.1, -0.05) is 5.92 Å². The predicted molar refractivity (Wildman–Crippen MR) is 49.1 cm³/mol. The Balaban J connectivity index is 2.82. The zero-order valence-corrected chi connectivity index (χ0v) is 8.18. The van der Waals surface area contributed by atoms with Gasteiger partial charge in [-0.3, -0.25) is 0 Å². The Morgan fingerprint density at radius 3 is 2.60 bits per heavy atom. The summed E-state index contributed by atoms with van der Waals surface area (Å²) < 4.78 is 12.8. The van der Waals surface area contributed by atoms with Gasteiger partial charge in [-0.2, -0.15) is 0 Å². The lowest BCUT2D eigenvalue weighted by Crippen LogP contribution is -2.03. The topological polar surface area (TPSA) is 18.5 Å². The van der Waals surface area contributed by atoms with Crippen LogP contribution in [0.15, 0.2) is 0 Å². The highest BCUT2D eigenvalue weighted by Gasteiger charge is 1.83. The van der Waals surface area contributed by atoms with E-state index in [1.165, 1.54) is 0 Å². The first-order chi connectivity index (χ1) is 4.91. The molecular formula is C7H11IO2. The molecule has 0 spiro atoms. The number of hydrogen-bond donors (Lipinski definition) is 0. The van der Waals surface area contributed by atoms with Crippen LogP contribution in [0.3, 0.4) is 0 Å². The van der Waals surface area contributed by atoms with Crippen molar-refractivity contribution >= 4 is 22.6 Å². The Labute approximate surface area is 75.4 Å². The average molecular weight is 254 g/mol. The number of ether oxygens (including phenoxy) is 2. The highest BCUT2D eigenvalue weighted by atomic mass is 127. The van der Waals surface area contributed by atoms with Crippen LogP contribution in [0.25, 0.3) is 0 Å². The van der Waals surface area contributed by atoms with Gasteiger partial charge in [-0.25, -0.2) is 0 Å². The van der Waals surface area contributed by atoms with E-state index in [1.54, 1.807) is 0 Å². The minimum atomic E-state index is 0.510. The van der Waals surface area contributed by atoms with Crippen molar-refractivity contribution in [2.24, 2.45) is 0 Å². The molecule has 0 saturated carbocycles. The van der Waals surface area contributed by atoms with Crippen molar-refractivity contribution in [3.8, 4) is 9.85 Å². The first-order valence-corrected chi connectivity index (χ1v) is 4.23. The van der Waals surface area contributed by atoms with E-state index in [4.69, 9.17) is 9.47 Å². The summed E-state index contributed by atoms with van der Waals surface area (Å²) in [5, 5.41) is 0. The summed E-state index contributed by atoms with van der Waals surface area (Å²) in [6.07, 6.45) is 0. The van der Waals surface area contributed by atoms with Crippen molar-refractivity contribution < 1.29 is 9.47 Å². The summed E-state index contributed by atoms with van der Waals surface area (Å²) in [5.41, 5.74) is 0. The maximum absolute atomic E-state index is 5.07. The Hall–Kier alpha value is 0.210. The van der Waals surface area contributed by atoms with Gasteiger partial charge in [0.2, 0.25) is 0 Å². The predicted octanol–water partition coefficient (Wildman–Crippen LogP) is 1.44. The molecule has 2 nitrogen and oxygen atoms in total. The van der Waals surface area contributed by atoms with Crippen molar-refractivity contribution in [2.45, 2.75) is 6.92 Å². The summed E-state index contributed by atoms with van der Waals surface area (Å²) in [6, 6.07) is 0. The van der Waals surface area contributed by atoms with Gasteiger partial charge in [0.1, 0.15) is 6.61 Å². The lowest BCUT2D eigenvalue weighted by Gasteiger charge is -1.98. The van der Waals surface area contributed by atoms with Gasteiger partial charge < -0.3 is 9.47 Å². The first-order valence-electron chi connectivity index (χ1n) is 3.15. The van der Waals surface area contributed by atoms with Gasteiger partial charge >= 0.3 is 0 Å². The lowest BCUT2D eigenvalue weighted by atomic mass is 10.7. The molecule has 0 fully saturated rings. The minimum Gasteiger partial charge on any atom is -0.379 e. The highest BCUT2D eigenvalue weighted by molar-refractivity contribution is 14.1. The molecule has 0 saturated heterocycles. The third-order valence-corrected chi connectivity index (χ3v) is 1.20. The monoisotopic (exact) mass is 254 g/mol. The Kier molecular flexibility index (Phi) is 9.40. The maximum Gasteiger partial charge on any atom is 0.108 e. The van der Waals surface area contributed by atoms with E-state index in [9.17, 15) is 0 Å². The van der Waals surface area contributed by atoms with Crippen LogP contribution in [0, 0.1) is 9.85 Å². The van der Waals surface area contributed by atoms with Crippen LogP contribution >= 0.6 is 22.6 Å². The van der Waals surface area contributed by atoms with E-state index >= 15 is 0 Å². The molecule has 3 heteroatoms. The molecule has 10 heavy (non-hydrogen) atoms. The molecule has 0 aliphatic rings. The molecule has 0 aromatic carbocycles. The van der Waals surface area contributed by atoms with E-state index < -0.39 is 0 Å². The van der Waals surface area contributed by atoms with E-state index in [2.05, 4.69) is 9.85 Å². The lowest BCUT2D eigenvalue weighted by molar-refractivity contribution is 0.0662. The third kappa shape index (κ3) is 8.21. The second-order valence-corrected chi connectivity index (χ2v) is 2.06. The second kappa shape index (κ2) is 9.21. The van der Waals surface area contributed by atoms with Crippen molar-refractivity contribution in [2.75, 3.05) is 26.4 Å². The third-order valence-electron chi connectivity index (χ3n) is 0.817. The summed E-state index contributed by atoms with van der Waals surface area (Å²) in [4.78, 5) is 0. The quantitative estimate of drug-likeness (QED) is 0.420. The van der Waals surface area contributed by atoms with Gasteiger partial charge in [0, 0.05) is 29.2 Å². The smallest absolute Gasteiger partial charge is 0.108 e. The van der Waals surface area contributed by atoms with Crippen molar-refractivity contribution in [3.63, 3.8) is 0 Å². The maximum atomic E-state index is 5.07. The summed E-state index contributed by atoms with van der Waals surface area (Å²) in [6.45, 7) is 4.53. The van der Waals surface area contributed by atoms with Gasteiger partial charge in [-0.05, 0) is 10.9 Å². The van der Waals surface area contributed by atoms with Gasteiger partial charge in [0.25, 0.3) is 0 Å². The Bertz CT molecular complexity index is 115. The van der Waals surface area contributed by atoms with Crippen LogP contribution in [0.5, 0.6) is 0 Å². The van der Waals surface area contributed by atoms with Crippen LogP contribution in [-0.2, 0) is 9.47 Å². The van der Waals surface area contributed by atoms with Crippen LogP contribution in [0.1, 0.15) is 6.92 Å². The molecule has 0 aromatic heterocycles. The standard InChI is InChI=1S/C7H11IO2/c1-2-9-6-7-10-5-3-4-8/h2,5-7H2,1H3. The normalized spacial score (nSPS) is 8.60. The fourth-order valence-electron chi connectivity index (χ4n) is 0.413. The van der Waals surface area contributed by atoms with Crippen molar-refractivity contribution in [3.05, 3.63) is 0 Å². The van der Waals surface area contributed by atoms with E-state index in [0.717, 1.165) is 6.61 Å². The molecule has 0 bridgehead atoms. The Morgan fingerprint density at radius 1 is 1.30 bits per heavy atom. The largest absolute Gasteiger partial charge is 0.379 e. The van der Waals surface area contributed by atoms with Crippen molar-refractivity contribution in [1.29, 1.82) is 0 Å². The summed E-state index contributed by atoms with van der Waals surface area (Å²) in [5.74, 6) is 2.78. The molecule has 0 aromatic rings. The first kappa shape index (κ1) is 10.2. The van der Waals surface area contributed by atoms with E-state index in [-0.39, 0.29) is 0 Å². The molecule has 0 rings (SSSR count). The molecule has 0 amide bonds. The fraction of sp³-hybridized carbons (Fsp3) is 0.714. The Morgan fingerprint density at radius 2 is 2.00 bits per heavy atom. The van der Waals surface area contributed by atoms with Gasteiger partial charge in [0.15, 0.2) is 0 Å². The van der Waals surface area contributed by atoms with E-state index in [0.29, 0.717) is 19.8 Å². The molecule has 0 N–H and O–H groups in total. The molecular weight excluding hydrogens is 243 g/mol. The van der Waals surface area contributed by atoms with Gasteiger partial charge in [0.05, 0.1) is 13.2 Å². The van der Waals surface area contributed by atoms with Gasteiger partial charge in [-0.15, -0.1) is 0 Å². The molecule has 0 unspecified atom stereocenters. The zero-order chi connectivity index (χ0) is 7.66. The fourth-order valence-corrected chi connectivity index (χ4v) is 0.568. The average Bonchev–Trinajstić information content (AvgIpc) is 1.97. The molecule has 0 heterocycles. The molecule has 0 atom stereocenters. The van der Waals surface area contributed by atoms with Crippen LogP contribution in [0.2, 0.25) is 0 Å². The summed E-state index contributed by atoms with van der Waals surface area (Å²) >= 11 is 1.98. The van der Waals surface area contributed by atoms with Crippen LogP contribution in [-0.4, -0.2) is 26.4 Å². The number of hydrogen-bond acceptors (Lipinski definition) is 2. The number of halogens is 1. The second-order valence-electron chi connectivity index (χ2n) is 1.52. The van der Waals surface area contributed by atoms with Crippen LogP contribution in [0.4, 0.5) is 0 Å². The molecule has 0 radical (unpaired) electrons. The SMILES string of the molecule is CCOCCOCC#CI. The highest BCUT2D eigenvalue weighted by Crippen LogP contribution is 1.77. The molecule has 58 valence electrons.